The van der Waals surface area contributed by atoms with Crippen LogP contribution in [0.2, 0.25) is 0 Å². The fourth-order valence-corrected chi connectivity index (χ4v) is 2.13. The molecule has 1 saturated carbocycles. The first-order valence-corrected chi connectivity index (χ1v) is 6.52. The molecule has 2 N–H and O–H groups in total. The number of aliphatic hydroxyl groups excluding tert-OH is 1. The van der Waals surface area contributed by atoms with Crippen LogP contribution in [0.4, 0.5) is 0 Å². The van der Waals surface area contributed by atoms with Crippen LogP contribution in [0.25, 0.3) is 0 Å². The van der Waals surface area contributed by atoms with Gasteiger partial charge in [0.1, 0.15) is 0 Å². The van der Waals surface area contributed by atoms with Crippen molar-refractivity contribution < 1.29 is 9.84 Å². The Morgan fingerprint density at radius 2 is 2.12 bits per heavy atom. The summed E-state index contributed by atoms with van der Waals surface area (Å²) in [5, 5.41) is 12.7. The Hall–Kier alpha value is -0.120. The van der Waals surface area contributed by atoms with Gasteiger partial charge in [-0.3, -0.25) is 0 Å². The van der Waals surface area contributed by atoms with E-state index in [0.717, 1.165) is 18.9 Å². The molecule has 0 amide bonds. The van der Waals surface area contributed by atoms with E-state index in [9.17, 15) is 5.11 Å². The number of hydrogen-bond acceptors (Lipinski definition) is 3. The summed E-state index contributed by atoms with van der Waals surface area (Å²) in [6.45, 7) is 6.10. The lowest BCUT2D eigenvalue weighted by Gasteiger charge is -2.31. The van der Waals surface area contributed by atoms with Crippen molar-refractivity contribution in [2.75, 3.05) is 26.9 Å². The van der Waals surface area contributed by atoms with Gasteiger partial charge < -0.3 is 15.2 Å². The van der Waals surface area contributed by atoms with Crippen LogP contribution < -0.4 is 5.32 Å². The van der Waals surface area contributed by atoms with E-state index in [2.05, 4.69) is 19.2 Å². The zero-order valence-corrected chi connectivity index (χ0v) is 11.0. The van der Waals surface area contributed by atoms with E-state index in [0.29, 0.717) is 12.5 Å². The van der Waals surface area contributed by atoms with Gasteiger partial charge in [-0.05, 0) is 44.6 Å². The maximum absolute atomic E-state index is 9.49. The first-order valence-electron chi connectivity index (χ1n) is 6.52. The van der Waals surface area contributed by atoms with Crippen LogP contribution >= 0.6 is 0 Å². The number of aliphatic hydroxyl groups is 1. The summed E-state index contributed by atoms with van der Waals surface area (Å²) >= 11 is 0. The summed E-state index contributed by atoms with van der Waals surface area (Å²) in [5.74, 6) is 1.35. The molecular weight excluding hydrogens is 202 g/mol. The summed E-state index contributed by atoms with van der Waals surface area (Å²) in [7, 11) is 1.92. The van der Waals surface area contributed by atoms with E-state index in [1.165, 1.54) is 19.3 Å². The zero-order chi connectivity index (χ0) is 12.0. The monoisotopic (exact) mass is 229 g/mol. The van der Waals surface area contributed by atoms with Gasteiger partial charge in [0.15, 0.2) is 0 Å². The van der Waals surface area contributed by atoms with Gasteiger partial charge in [-0.1, -0.05) is 13.8 Å². The lowest BCUT2D eigenvalue weighted by atomic mass is 9.95. The first kappa shape index (κ1) is 13.9. The normalized spacial score (nSPS) is 20.1. The Morgan fingerprint density at radius 1 is 1.44 bits per heavy atom. The van der Waals surface area contributed by atoms with Crippen molar-refractivity contribution in [2.24, 2.45) is 11.8 Å². The van der Waals surface area contributed by atoms with E-state index in [1.54, 1.807) is 0 Å². The van der Waals surface area contributed by atoms with Gasteiger partial charge >= 0.3 is 0 Å². The van der Waals surface area contributed by atoms with Crippen LogP contribution in [0.15, 0.2) is 0 Å². The highest BCUT2D eigenvalue weighted by molar-refractivity contribution is 5.00. The summed E-state index contributed by atoms with van der Waals surface area (Å²) in [4.78, 5) is 0. The summed E-state index contributed by atoms with van der Waals surface area (Å²) in [5.41, 5.74) is -0.183. The number of hydrogen-bond donors (Lipinski definition) is 2. The second kappa shape index (κ2) is 6.58. The molecule has 0 aromatic heterocycles. The molecule has 0 spiro atoms. The predicted molar refractivity (Wildman–Crippen MR) is 66.5 cm³/mol. The van der Waals surface area contributed by atoms with Gasteiger partial charge in [0, 0.05) is 6.61 Å². The highest BCUT2D eigenvalue weighted by Gasteiger charge is 2.43. The molecule has 1 rings (SSSR count). The third-order valence-corrected chi connectivity index (χ3v) is 3.57. The fraction of sp³-hybridized carbons (Fsp3) is 1.00. The van der Waals surface area contributed by atoms with Gasteiger partial charge in [0.25, 0.3) is 0 Å². The molecule has 3 heteroatoms. The Bertz CT molecular complexity index is 186. The zero-order valence-electron chi connectivity index (χ0n) is 11.0. The lowest BCUT2D eigenvalue weighted by molar-refractivity contribution is 0.0257. The van der Waals surface area contributed by atoms with Crippen molar-refractivity contribution in [1.82, 2.24) is 5.32 Å². The Kier molecular flexibility index (Phi) is 5.73. The van der Waals surface area contributed by atoms with E-state index in [4.69, 9.17) is 4.74 Å². The molecule has 96 valence electrons. The smallest absolute Gasteiger partial charge is 0.0676 e. The maximum Gasteiger partial charge on any atom is 0.0676 e. The summed E-state index contributed by atoms with van der Waals surface area (Å²) in [6.07, 6.45) is 4.77. The predicted octanol–water partition coefficient (Wildman–Crippen LogP) is 1.80. The van der Waals surface area contributed by atoms with Gasteiger partial charge in [-0.25, -0.2) is 0 Å². The first-order chi connectivity index (χ1) is 7.64. The summed E-state index contributed by atoms with van der Waals surface area (Å²) < 4.78 is 5.71. The van der Waals surface area contributed by atoms with Crippen LogP contribution in [0.5, 0.6) is 0 Å². The highest BCUT2D eigenvalue weighted by atomic mass is 16.5. The molecular formula is C13H27NO2. The van der Waals surface area contributed by atoms with Crippen LogP contribution in [-0.2, 0) is 4.74 Å². The molecule has 1 unspecified atom stereocenters. The molecule has 0 saturated heterocycles. The van der Waals surface area contributed by atoms with E-state index in [1.807, 2.05) is 7.05 Å². The summed E-state index contributed by atoms with van der Waals surface area (Å²) in [6, 6.07) is 0. The minimum Gasteiger partial charge on any atom is -0.394 e. The van der Waals surface area contributed by atoms with Crippen molar-refractivity contribution >= 4 is 0 Å². The molecule has 0 bridgehead atoms. The molecule has 1 aliphatic carbocycles. The fourth-order valence-electron chi connectivity index (χ4n) is 2.13. The topological polar surface area (TPSA) is 41.5 Å². The molecule has 1 aliphatic rings. The maximum atomic E-state index is 9.49. The van der Waals surface area contributed by atoms with Gasteiger partial charge in [-0.15, -0.1) is 0 Å². The Morgan fingerprint density at radius 3 is 2.56 bits per heavy atom. The van der Waals surface area contributed by atoms with E-state index in [-0.39, 0.29) is 12.1 Å². The van der Waals surface area contributed by atoms with Gasteiger partial charge in [0.2, 0.25) is 0 Å². The largest absolute Gasteiger partial charge is 0.394 e. The van der Waals surface area contributed by atoms with Crippen LogP contribution in [0, 0.1) is 11.8 Å². The quantitative estimate of drug-likeness (QED) is 0.592. The van der Waals surface area contributed by atoms with Crippen LogP contribution in [-0.4, -0.2) is 37.5 Å². The van der Waals surface area contributed by atoms with E-state index < -0.39 is 0 Å². The Labute approximate surface area is 99.6 Å². The average molecular weight is 229 g/mol. The molecule has 0 radical (unpaired) electrons. The minimum atomic E-state index is -0.183. The third kappa shape index (κ3) is 4.04. The van der Waals surface area contributed by atoms with E-state index >= 15 is 0 Å². The molecule has 3 nitrogen and oxygen atoms in total. The molecule has 0 aliphatic heterocycles. The Balaban J connectivity index is 2.17. The van der Waals surface area contributed by atoms with Crippen molar-refractivity contribution in [3.8, 4) is 0 Å². The highest BCUT2D eigenvalue weighted by Crippen LogP contribution is 2.39. The third-order valence-electron chi connectivity index (χ3n) is 3.57. The van der Waals surface area contributed by atoms with Crippen molar-refractivity contribution in [2.45, 2.75) is 45.1 Å². The number of rotatable bonds is 9. The van der Waals surface area contributed by atoms with Crippen molar-refractivity contribution in [1.29, 1.82) is 0 Å². The second-order valence-electron chi connectivity index (χ2n) is 5.43. The number of ether oxygens (including phenoxy) is 1. The van der Waals surface area contributed by atoms with Crippen LogP contribution in [0.3, 0.4) is 0 Å². The average Bonchev–Trinajstić information content (AvgIpc) is 3.08. The van der Waals surface area contributed by atoms with Gasteiger partial charge in [0.05, 0.1) is 18.8 Å². The van der Waals surface area contributed by atoms with Crippen molar-refractivity contribution in [3.05, 3.63) is 0 Å². The molecule has 0 aromatic rings. The lowest BCUT2D eigenvalue weighted by Crippen LogP contribution is -2.52. The molecule has 0 heterocycles. The molecule has 1 fully saturated rings. The number of likely N-dealkylation sites (N-methyl/N-ethyl adjacent to an activating group) is 1. The van der Waals surface area contributed by atoms with Crippen LogP contribution in [0.1, 0.15) is 39.5 Å². The molecule has 1 atom stereocenters. The minimum absolute atomic E-state index is 0.179. The molecule has 16 heavy (non-hydrogen) atoms. The van der Waals surface area contributed by atoms with Gasteiger partial charge in [-0.2, -0.15) is 0 Å². The van der Waals surface area contributed by atoms with Crippen molar-refractivity contribution in [3.63, 3.8) is 0 Å². The molecule has 0 aromatic carbocycles. The number of nitrogens with one attached hydrogen (secondary N) is 1. The standard InChI is InChI=1S/C13H27NO2/c1-11(2)5-4-8-16-10-13(9-15,14-3)12-6-7-12/h11-12,14-15H,4-10H2,1-3H3. The SMILES string of the molecule is CNC(CO)(COCCCC(C)C)C1CC1. The second-order valence-corrected chi connectivity index (χ2v) is 5.43.